The molecule has 1 aromatic heterocycles. The summed E-state index contributed by atoms with van der Waals surface area (Å²) in [5.74, 6) is -0.236. The van der Waals surface area contributed by atoms with E-state index < -0.39 is 0 Å². The Labute approximate surface area is 106 Å². The Morgan fingerprint density at radius 3 is 2.88 bits per heavy atom. The summed E-state index contributed by atoms with van der Waals surface area (Å²) in [6, 6.07) is 6.67. The van der Waals surface area contributed by atoms with Gasteiger partial charge in [-0.25, -0.2) is 9.37 Å². The summed E-state index contributed by atoms with van der Waals surface area (Å²) in [6.07, 6.45) is 0. The average Bonchev–Trinajstić information content (AvgIpc) is 2.61. The van der Waals surface area contributed by atoms with Crippen LogP contribution in [0.1, 0.15) is 5.69 Å². The van der Waals surface area contributed by atoms with Gasteiger partial charge in [0.1, 0.15) is 10.8 Å². The third-order valence-corrected chi connectivity index (χ3v) is 3.96. The second-order valence-corrected chi connectivity index (χ2v) is 5.57. The van der Waals surface area contributed by atoms with E-state index in [4.69, 9.17) is 0 Å². The number of nitrogens with one attached hydrogen (secondary N) is 1. The van der Waals surface area contributed by atoms with E-state index in [1.807, 2.05) is 13.1 Å². The molecule has 2 aromatic rings. The molecule has 1 heterocycles. The second kappa shape index (κ2) is 5.03. The highest BCUT2D eigenvalue weighted by molar-refractivity contribution is 9.11. The fourth-order valence-electron chi connectivity index (χ4n) is 1.36. The number of nitrogens with zero attached hydrogens (tertiary/aromatic N) is 1. The lowest BCUT2D eigenvalue weighted by atomic mass is 10.2. The Morgan fingerprint density at radius 1 is 1.44 bits per heavy atom. The van der Waals surface area contributed by atoms with Crippen LogP contribution in [0, 0.1) is 5.82 Å². The molecule has 0 bridgehead atoms. The van der Waals surface area contributed by atoms with Gasteiger partial charge in [-0.1, -0.05) is 12.1 Å². The molecular formula is C11H10BrFN2S. The summed E-state index contributed by atoms with van der Waals surface area (Å²) < 4.78 is 14.5. The first kappa shape index (κ1) is 11.7. The zero-order chi connectivity index (χ0) is 11.5. The maximum atomic E-state index is 13.5. The molecule has 1 N–H and O–H groups in total. The Balaban J connectivity index is 2.42. The SMILES string of the molecule is CNCc1nc(-c2ccccc2F)sc1Br. The van der Waals surface area contributed by atoms with Gasteiger partial charge in [-0.15, -0.1) is 11.3 Å². The molecule has 2 nitrogen and oxygen atoms in total. The van der Waals surface area contributed by atoms with Crippen molar-refractivity contribution in [2.24, 2.45) is 0 Å². The highest BCUT2D eigenvalue weighted by Gasteiger charge is 2.12. The number of benzene rings is 1. The molecule has 5 heteroatoms. The van der Waals surface area contributed by atoms with Crippen LogP contribution < -0.4 is 5.32 Å². The molecule has 0 aliphatic rings. The van der Waals surface area contributed by atoms with Crippen molar-refractivity contribution in [1.29, 1.82) is 0 Å². The maximum absolute atomic E-state index is 13.5. The van der Waals surface area contributed by atoms with E-state index in [2.05, 4.69) is 26.2 Å². The van der Waals surface area contributed by atoms with Gasteiger partial charge in [-0.05, 0) is 35.1 Å². The zero-order valence-corrected chi connectivity index (χ0v) is 11.0. The van der Waals surface area contributed by atoms with Gasteiger partial charge in [-0.2, -0.15) is 0 Å². The van der Waals surface area contributed by atoms with E-state index in [1.54, 1.807) is 12.1 Å². The molecule has 0 saturated heterocycles. The van der Waals surface area contributed by atoms with Gasteiger partial charge in [0.2, 0.25) is 0 Å². The molecular weight excluding hydrogens is 291 g/mol. The lowest BCUT2D eigenvalue weighted by Crippen LogP contribution is -2.05. The normalized spacial score (nSPS) is 10.7. The molecule has 0 radical (unpaired) electrons. The average molecular weight is 301 g/mol. The van der Waals surface area contributed by atoms with Crippen LogP contribution in [-0.2, 0) is 6.54 Å². The summed E-state index contributed by atoms with van der Waals surface area (Å²) in [4.78, 5) is 4.40. The number of rotatable bonds is 3. The Hall–Kier alpha value is -0.780. The van der Waals surface area contributed by atoms with Gasteiger partial charge in [0.25, 0.3) is 0 Å². The predicted molar refractivity (Wildman–Crippen MR) is 68.0 cm³/mol. The Kier molecular flexibility index (Phi) is 3.68. The smallest absolute Gasteiger partial charge is 0.133 e. The molecule has 0 atom stereocenters. The molecule has 2 rings (SSSR count). The van der Waals surface area contributed by atoms with Crippen molar-refractivity contribution in [3.8, 4) is 10.6 Å². The minimum absolute atomic E-state index is 0.236. The van der Waals surface area contributed by atoms with Crippen molar-refractivity contribution in [2.75, 3.05) is 7.05 Å². The topological polar surface area (TPSA) is 24.9 Å². The molecule has 0 fully saturated rings. The fourth-order valence-corrected chi connectivity index (χ4v) is 2.88. The zero-order valence-electron chi connectivity index (χ0n) is 8.63. The Morgan fingerprint density at radius 2 is 2.19 bits per heavy atom. The van der Waals surface area contributed by atoms with Crippen molar-refractivity contribution in [2.45, 2.75) is 6.54 Å². The van der Waals surface area contributed by atoms with Gasteiger partial charge in [0, 0.05) is 12.1 Å². The standard InChI is InChI=1S/C11H10BrFN2S/c1-14-6-9-10(12)16-11(15-9)7-4-2-3-5-8(7)13/h2-5,14H,6H2,1H3. The van der Waals surface area contributed by atoms with Crippen molar-refractivity contribution >= 4 is 27.3 Å². The third kappa shape index (κ3) is 2.31. The van der Waals surface area contributed by atoms with E-state index in [-0.39, 0.29) is 5.82 Å². The highest BCUT2D eigenvalue weighted by atomic mass is 79.9. The predicted octanol–water partition coefficient (Wildman–Crippen LogP) is 3.43. The molecule has 0 unspecified atom stereocenters. The molecule has 0 spiro atoms. The van der Waals surface area contributed by atoms with Crippen LogP contribution >= 0.6 is 27.3 Å². The number of aromatic nitrogens is 1. The van der Waals surface area contributed by atoms with E-state index in [1.165, 1.54) is 17.4 Å². The van der Waals surface area contributed by atoms with Crippen LogP contribution in [0.5, 0.6) is 0 Å². The monoisotopic (exact) mass is 300 g/mol. The van der Waals surface area contributed by atoms with Crippen LogP contribution in [0.3, 0.4) is 0 Å². The largest absolute Gasteiger partial charge is 0.314 e. The minimum atomic E-state index is -0.236. The van der Waals surface area contributed by atoms with Crippen LogP contribution in [0.4, 0.5) is 4.39 Å². The van der Waals surface area contributed by atoms with Crippen LogP contribution in [-0.4, -0.2) is 12.0 Å². The fraction of sp³-hybridized carbons (Fsp3) is 0.182. The summed E-state index contributed by atoms with van der Waals surface area (Å²) >= 11 is 4.88. The molecule has 84 valence electrons. The molecule has 0 amide bonds. The first-order valence-electron chi connectivity index (χ1n) is 4.77. The van der Waals surface area contributed by atoms with Crippen molar-refractivity contribution in [3.05, 3.63) is 39.6 Å². The quantitative estimate of drug-likeness (QED) is 0.939. The van der Waals surface area contributed by atoms with Gasteiger partial charge in [0.05, 0.1) is 9.48 Å². The Bertz CT molecular complexity index is 498. The maximum Gasteiger partial charge on any atom is 0.133 e. The third-order valence-electron chi connectivity index (χ3n) is 2.10. The van der Waals surface area contributed by atoms with E-state index in [0.717, 1.165) is 9.48 Å². The number of halogens is 2. The lowest BCUT2D eigenvalue weighted by Gasteiger charge is -1.97. The van der Waals surface area contributed by atoms with Gasteiger partial charge < -0.3 is 5.32 Å². The van der Waals surface area contributed by atoms with Gasteiger partial charge >= 0.3 is 0 Å². The van der Waals surface area contributed by atoms with Crippen LogP contribution in [0.15, 0.2) is 28.1 Å². The summed E-state index contributed by atoms with van der Waals surface area (Å²) in [7, 11) is 1.86. The summed E-state index contributed by atoms with van der Waals surface area (Å²) in [5.41, 5.74) is 1.46. The van der Waals surface area contributed by atoms with Crippen molar-refractivity contribution < 1.29 is 4.39 Å². The van der Waals surface area contributed by atoms with E-state index >= 15 is 0 Å². The number of thiazole rings is 1. The first-order valence-corrected chi connectivity index (χ1v) is 6.38. The summed E-state index contributed by atoms with van der Waals surface area (Å²) in [6.45, 7) is 0.672. The second-order valence-electron chi connectivity index (χ2n) is 3.25. The van der Waals surface area contributed by atoms with Crippen LogP contribution in [0.25, 0.3) is 10.6 Å². The van der Waals surface area contributed by atoms with Crippen LogP contribution in [0.2, 0.25) is 0 Å². The summed E-state index contributed by atoms with van der Waals surface area (Å²) in [5, 5.41) is 3.73. The molecule has 0 aliphatic carbocycles. The molecule has 16 heavy (non-hydrogen) atoms. The minimum Gasteiger partial charge on any atom is -0.314 e. The first-order chi connectivity index (χ1) is 7.72. The number of hydrogen-bond acceptors (Lipinski definition) is 3. The van der Waals surface area contributed by atoms with Crippen molar-refractivity contribution in [3.63, 3.8) is 0 Å². The molecule has 0 aliphatic heterocycles. The van der Waals surface area contributed by atoms with Gasteiger partial charge in [0.15, 0.2) is 0 Å². The highest BCUT2D eigenvalue weighted by Crippen LogP contribution is 2.33. The van der Waals surface area contributed by atoms with E-state index in [0.29, 0.717) is 17.1 Å². The molecule has 0 saturated carbocycles. The lowest BCUT2D eigenvalue weighted by molar-refractivity contribution is 0.631. The van der Waals surface area contributed by atoms with Gasteiger partial charge in [-0.3, -0.25) is 0 Å². The van der Waals surface area contributed by atoms with E-state index in [9.17, 15) is 4.39 Å². The molecule has 1 aromatic carbocycles. The van der Waals surface area contributed by atoms with Crippen molar-refractivity contribution in [1.82, 2.24) is 10.3 Å². The number of hydrogen-bond donors (Lipinski definition) is 1.